The summed E-state index contributed by atoms with van der Waals surface area (Å²) in [5, 5.41) is 13.8. The van der Waals surface area contributed by atoms with E-state index in [-0.39, 0.29) is 11.3 Å². The zero-order valence-corrected chi connectivity index (χ0v) is 15.1. The maximum Gasteiger partial charge on any atom is 0.339 e. The number of amides is 1. The number of nitro groups is 1. The lowest BCUT2D eigenvalue weighted by Gasteiger charge is -2.14. The molecule has 2 rings (SSSR count). The Morgan fingerprint density at radius 2 is 1.92 bits per heavy atom. The zero-order valence-electron chi connectivity index (χ0n) is 14.3. The molecule has 1 amide bonds. The van der Waals surface area contributed by atoms with Gasteiger partial charge in [0.1, 0.15) is 0 Å². The highest BCUT2D eigenvalue weighted by Crippen LogP contribution is 2.28. The molecule has 0 radical (unpaired) electrons. The van der Waals surface area contributed by atoms with Gasteiger partial charge in [-0.3, -0.25) is 14.9 Å². The minimum atomic E-state index is -1.02. The number of thioether (sulfide) groups is 1. The lowest BCUT2D eigenvalue weighted by Crippen LogP contribution is -2.35. The van der Waals surface area contributed by atoms with E-state index in [1.807, 2.05) is 30.3 Å². The van der Waals surface area contributed by atoms with Gasteiger partial charge in [0.2, 0.25) is 0 Å². The van der Waals surface area contributed by atoms with Crippen LogP contribution in [-0.2, 0) is 16.1 Å². The van der Waals surface area contributed by atoms with Crippen LogP contribution in [0.25, 0.3) is 0 Å². The van der Waals surface area contributed by atoms with Gasteiger partial charge in [-0.05, 0) is 30.9 Å². The Balaban J connectivity index is 1.98. The number of carbonyl (C=O) groups is 2. The average Bonchev–Trinajstić information content (AvgIpc) is 2.66. The second-order valence-corrected chi connectivity index (χ2v) is 6.24. The van der Waals surface area contributed by atoms with Crippen LogP contribution in [0.4, 0.5) is 5.69 Å². The summed E-state index contributed by atoms with van der Waals surface area (Å²) in [6, 6.07) is 13.4. The van der Waals surface area contributed by atoms with Gasteiger partial charge in [-0.1, -0.05) is 30.3 Å². The second-order valence-electron chi connectivity index (χ2n) is 5.39. The number of benzene rings is 2. The number of nitrogens with one attached hydrogen (secondary N) is 1. The van der Waals surface area contributed by atoms with Gasteiger partial charge in [0.05, 0.1) is 15.4 Å². The number of nitro benzene ring substituents is 1. The summed E-state index contributed by atoms with van der Waals surface area (Å²) in [6.45, 7) is 1.76. The monoisotopic (exact) mass is 374 g/mol. The summed E-state index contributed by atoms with van der Waals surface area (Å²) in [5.74, 6) is -1.24. The van der Waals surface area contributed by atoms with E-state index in [1.165, 1.54) is 30.8 Å². The molecule has 7 nitrogen and oxygen atoms in total. The van der Waals surface area contributed by atoms with E-state index in [9.17, 15) is 19.7 Å². The second kappa shape index (κ2) is 9.00. The molecule has 0 aliphatic carbocycles. The molecule has 0 saturated carbocycles. The highest BCUT2D eigenvalue weighted by Gasteiger charge is 2.22. The molecule has 1 atom stereocenters. The van der Waals surface area contributed by atoms with Crippen molar-refractivity contribution in [3.05, 3.63) is 69.8 Å². The normalized spacial score (nSPS) is 11.5. The van der Waals surface area contributed by atoms with E-state index in [1.54, 1.807) is 6.26 Å². The van der Waals surface area contributed by atoms with Gasteiger partial charge in [0.25, 0.3) is 11.6 Å². The first-order valence-corrected chi connectivity index (χ1v) is 9.00. The SMILES string of the molecule is CSc1ccc(C(=O)O[C@H](C)C(=O)NCc2ccccc2)cc1[N+](=O)[O-]. The molecule has 0 heterocycles. The molecule has 0 aliphatic rings. The summed E-state index contributed by atoms with van der Waals surface area (Å²) >= 11 is 1.21. The van der Waals surface area contributed by atoms with Crippen LogP contribution in [0.2, 0.25) is 0 Å². The van der Waals surface area contributed by atoms with Crippen LogP contribution in [0.15, 0.2) is 53.4 Å². The van der Waals surface area contributed by atoms with Crippen LogP contribution in [0, 0.1) is 10.1 Å². The first-order chi connectivity index (χ1) is 12.4. The van der Waals surface area contributed by atoms with Crippen molar-refractivity contribution in [3.63, 3.8) is 0 Å². The van der Waals surface area contributed by atoms with Gasteiger partial charge in [0, 0.05) is 12.6 Å². The molecule has 1 N–H and O–H groups in total. The fraction of sp³-hybridized carbons (Fsp3) is 0.222. The topological polar surface area (TPSA) is 98.5 Å². The number of rotatable bonds is 7. The third kappa shape index (κ3) is 5.06. The fourth-order valence-electron chi connectivity index (χ4n) is 2.17. The van der Waals surface area contributed by atoms with Crippen LogP contribution < -0.4 is 5.32 Å². The maximum atomic E-state index is 12.2. The summed E-state index contributed by atoms with van der Waals surface area (Å²) in [7, 11) is 0. The maximum absolute atomic E-state index is 12.2. The molecule has 0 aromatic heterocycles. The predicted molar refractivity (Wildman–Crippen MR) is 98.0 cm³/mol. The van der Waals surface area contributed by atoms with E-state index in [0.29, 0.717) is 11.4 Å². The smallest absolute Gasteiger partial charge is 0.339 e. The number of hydrogen-bond donors (Lipinski definition) is 1. The minimum Gasteiger partial charge on any atom is -0.449 e. The van der Waals surface area contributed by atoms with Crippen molar-refractivity contribution in [1.82, 2.24) is 5.32 Å². The van der Waals surface area contributed by atoms with E-state index in [0.717, 1.165) is 11.6 Å². The number of carbonyl (C=O) groups excluding carboxylic acids is 2. The lowest BCUT2D eigenvalue weighted by atomic mass is 10.2. The van der Waals surface area contributed by atoms with Gasteiger partial charge < -0.3 is 10.1 Å². The number of ether oxygens (including phenoxy) is 1. The Labute approximate surface area is 154 Å². The minimum absolute atomic E-state index is 0.0252. The summed E-state index contributed by atoms with van der Waals surface area (Å²) in [4.78, 5) is 35.2. The van der Waals surface area contributed by atoms with Crippen molar-refractivity contribution < 1.29 is 19.2 Å². The van der Waals surface area contributed by atoms with Gasteiger partial charge in [0.15, 0.2) is 6.10 Å². The molecular weight excluding hydrogens is 356 g/mol. The first-order valence-electron chi connectivity index (χ1n) is 7.77. The van der Waals surface area contributed by atoms with Gasteiger partial charge >= 0.3 is 5.97 Å². The van der Waals surface area contributed by atoms with Crippen molar-refractivity contribution in [2.75, 3.05) is 6.26 Å². The van der Waals surface area contributed by atoms with E-state index >= 15 is 0 Å². The molecule has 8 heteroatoms. The number of esters is 1. The molecule has 2 aromatic carbocycles. The van der Waals surface area contributed by atoms with Crippen LogP contribution in [-0.4, -0.2) is 29.2 Å². The molecule has 26 heavy (non-hydrogen) atoms. The van der Waals surface area contributed by atoms with Gasteiger partial charge in [-0.25, -0.2) is 4.79 Å². The molecule has 0 fully saturated rings. The fourth-order valence-corrected chi connectivity index (χ4v) is 2.72. The molecule has 0 unspecified atom stereocenters. The Bertz CT molecular complexity index is 810. The average molecular weight is 374 g/mol. The molecule has 0 saturated heterocycles. The highest BCUT2D eigenvalue weighted by atomic mass is 32.2. The van der Waals surface area contributed by atoms with Crippen molar-refractivity contribution in [2.45, 2.75) is 24.5 Å². The largest absolute Gasteiger partial charge is 0.449 e. The summed E-state index contributed by atoms with van der Waals surface area (Å²) in [6.07, 6.45) is 0.685. The summed E-state index contributed by atoms with van der Waals surface area (Å²) < 4.78 is 5.11. The lowest BCUT2D eigenvalue weighted by molar-refractivity contribution is -0.387. The third-order valence-electron chi connectivity index (χ3n) is 3.57. The van der Waals surface area contributed by atoms with Crippen LogP contribution in [0.3, 0.4) is 0 Å². The Hall–Kier alpha value is -2.87. The van der Waals surface area contributed by atoms with Crippen molar-refractivity contribution in [3.8, 4) is 0 Å². The molecule has 0 bridgehead atoms. The number of nitrogens with zero attached hydrogens (tertiary/aromatic N) is 1. The van der Waals surface area contributed by atoms with E-state index < -0.39 is 22.9 Å². The molecule has 2 aromatic rings. The molecule has 0 aliphatic heterocycles. The van der Waals surface area contributed by atoms with Crippen LogP contribution in [0.5, 0.6) is 0 Å². The van der Waals surface area contributed by atoms with Gasteiger partial charge in [-0.2, -0.15) is 0 Å². The predicted octanol–water partition coefficient (Wildman–Crippen LogP) is 3.18. The molecule has 0 spiro atoms. The van der Waals surface area contributed by atoms with Crippen molar-refractivity contribution >= 4 is 29.3 Å². The standard InChI is InChI=1S/C18H18N2O5S/c1-12(17(21)19-11-13-6-4-3-5-7-13)25-18(22)14-8-9-16(26-2)15(10-14)20(23)24/h3-10,12H,11H2,1-2H3,(H,19,21)/t12-/m1/s1. The van der Waals surface area contributed by atoms with Gasteiger partial charge in [-0.15, -0.1) is 11.8 Å². The third-order valence-corrected chi connectivity index (χ3v) is 4.36. The zero-order chi connectivity index (χ0) is 19.1. The highest BCUT2D eigenvalue weighted by molar-refractivity contribution is 7.98. The first kappa shape index (κ1) is 19.5. The van der Waals surface area contributed by atoms with E-state index in [2.05, 4.69) is 5.32 Å². The Morgan fingerprint density at radius 3 is 2.54 bits per heavy atom. The summed E-state index contributed by atoms with van der Waals surface area (Å²) in [5.41, 5.74) is 0.771. The molecule has 136 valence electrons. The van der Waals surface area contributed by atoms with Crippen molar-refractivity contribution in [2.24, 2.45) is 0 Å². The quantitative estimate of drug-likeness (QED) is 0.346. The van der Waals surface area contributed by atoms with Crippen molar-refractivity contribution in [1.29, 1.82) is 0 Å². The Morgan fingerprint density at radius 1 is 1.23 bits per heavy atom. The number of hydrogen-bond acceptors (Lipinski definition) is 6. The van der Waals surface area contributed by atoms with E-state index in [4.69, 9.17) is 4.74 Å². The van der Waals surface area contributed by atoms with Crippen LogP contribution in [0.1, 0.15) is 22.8 Å². The molecular formula is C18H18N2O5S. The van der Waals surface area contributed by atoms with Crippen LogP contribution >= 0.6 is 11.8 Å². The Kier molecular flexibility index (Phi) is 6.74.